The van der Waals surface area contributed by atoms with Crippen LogP contribution in [0.1, 0.15) is 25.3 Å². The first kappa shape index (κ1) is 14.3. The van der Waals surface area contributed by atoms with Crippen molar-refractivity contribution in [2.75, 3.05) is 11.9 Å². The van der Waals surface area contributed by atoms with E-state index < -0.39 is 11.6 Å². The number of hydrogen-bond donors (Lipinski definition) is 2. The Morgan fingerprint density at radius 1 is 1.45 bits per heavy atom. The van der Waals surface area contributed by atoms with E-state index in [2.05, 4.69) is 5.32 Å². The maximum absolute atomic E-state index is 13.2. The number of carbonyl (C=O) groups excluding carboxylic acids is 1. The molecule has 2 N–H and O–H groups in total. The summed E-state index contributed by atoms with van der Waals surface area (Å²) >= 11 is 0. The number of hydrogen-bond acceptors (Lipinski definition) is 2. The minimum absolute atomic E-state index is 0.345. The van der Waals surface area contributed by atoms with Gasteiger partial charge in [0.25, 0.3) is 0 Å². The fourth-order valence-corrected chi connectivity index (χ4v) is 2.49. The van der Waals surface area contributed by atoms with Gasteiger partial charge in [0.05, 0.1) is 0 Å². The molecule has 0 spiro atoms. The molecule has 2 rings (SSSR count). The number of amides is 2. The molecule has 108 valence electrons. The van der Waals surface area contributed by atoms with Gasteiger partial charge in [-0.15, -0.1) is 0 Å². The molecule has 1 saturated heterocycles. The lowest BCUT2D eigenvalue weighted by Crippen LogP contribution is -2.52. The molecule has 2 amide bonds. The number of halogens is 1. The molecular weight excluding hydrogens is 263 g/mol. The number of benzene rings is 1. The van der Waals surface area contributed by atoms with Crippen molar-refractivity contribution in [2.45, 2.75) is 32.2 Å². The summed E-state index contributed by atoms with van der Waals surface area (Å²) in [6.07, 6.45) is 0.0275. The second kappa shape index (κ2) is 5.11. The van der Waals surface area contributed by atoms with Gasteiger partial charge in [-0.2, -0.15) is 0 Å². The van der Waals surface area contributed by atoms with Crippen LogP contribution in [0.15, 0.2) is 18.2 Å². The van der Waals surface area contributed by atoms with E-state index in [1.165, 1.54) is 18.2 Å². The van der Waals surface area contributed by atoms with Crippen molar-refractivity contribution in [3.05, 3.63) is 29.6 Å². The van der Waals surface area contributed by atoms with Gasteiger partial charge in [0.15, 0.2) is 0 Å². The molecule has 0 radical (unpaired) electrons. The van der Waals surface area contributed by atoms with Gasteiger partial charge in [-0.25, -0.2) is 9.18 Å². The standard InChI is InChI=1S/C14H17FN2O3/c1-9-8-10(4-5-11(9)15)16-12(18)14(2)6-3-7-17(14)13(19)20/h4-5,8H,3,6-7H2,1-2H3,(H,16,18)(H,19,20). The minimum Gasteiger partial charge on any atom is -0.465 e. The van der Waals surface area contributed by atoms with E-state index in [0.717, 1.165) is 4.90 Å². The molecule has 1 aliphatic rings. The van der Waals surface area contributed by atoms with E-state index in [4.69, 9.17) is 5.11 Å². The van der Waals surface area contributed by atoms with E-state index in [-0.39, 0.29) is 11.7 Å². The third kappa shape index (κ3) is 2.45. The highest BCUT2D eigenvalue weighted by molar-refractivity contribution is 5.99. The first-order valence-electron chi connectivity index (χ1n) is 6.43. The third-order valence-electron chi connectivity index (χ3n) is 3.78. The van der Waals surface area contributed by atoms with Gasteiger partial charge in [0.2, 0.25) is 5.91 Å². The monoisotopic (exact) mass is 280 g/mol. The molecule has 1 aromatic carbocycles. The predicted molar refractivity (Wildman–Crippen MR) is 72.1 cm³/mol. The number of carboxylic acid groups (broad SMARTS) is 1. The highest BCUT2D eigenvalue weighted by Gasteiger charge is 2.45. The van der Waals surface area contributed by atoms with Crippen LogP contribution >= 0.6 is 0 Å². The third-order valence-corrected chi connectivity index (χ3v) is 3.78. The molecule has 5 nitrogen and oxygen atoms in total. The van der Waals surface area contributed by atoms with Gasteiger partial charge < -0.3 is 10.4 Å². The quantitative estimate of drug-likeness (QED) is 0.874. The lowest BCUT2D eigenvalue weighted by Gasteiger charge is -2.31. The fraction of sp³-hybridized carbons (Fsp3) is 0.429. The summed E-state index contributed by atoms with van der Waals surface area (Å²) in [5.74, 6) is -0.731. The number of likely N-dealkylation sites (tertiary alicyclic amines) is 1. The van der Waals surface area contributed by atoms with Gasteiger partial charge in [0.1, 0.15) is 11.4 Å². The van der Waals surface area contributed by atoms with E-state index in [1.807, 2.05) is 0 Å². The van der Waals surface area contributed by atoms with Gasteiger partial charge in [-0.05, 0) is 50.5 Å². The normalized spacial score (nSPS) is 21.9. The van der Waals surface area contributed by atoms with Crippen LogP contribution in [-0.2, 0) is 4.79 Å². The van der Waals surface area contributed by atoms with Crippen LogP contribution in [0.4, 0.5) is 14.9 Å². The number of rotatable bonds is 2. The topological polar surface area (TPSA) is 69.6 Å². The van der Waals surface area contributed by atoms with Crippen LogP contribution in [0.3, 0.4) is 0 Å². The number of carbonyl (C=O) groups is 2. The molecule has 6 heteroatoms. The van der Waals surface area contributed by atoms with Crippen LogP contribution in [0, 0.1) is 12.7 Å². The summed E-state index contributed by atoms with van der Waals surface area (Å²) in [6.45, 7) is 3.56. The Bertz CT molecular complexity index is 561. The van der Waals surface area contributed by atoms with Gasteiger partial charge in [0, 0.05) is 12.2 Å². The number of nitrogens with zero attached hydrogens (tertiary/aromatic N) is 1. The molecular formula is C14H17FN2O3. The Morgan fingerprint density at radius 2 is 2.15 bits per heavy atom. The van der Waals surface area contributed by atoms with Crippen LogP contribution in [0.25, 0.3) is 0 Å². The van der Waals surface area contributed by atoms with Gasteiger partial charge in [-0.1, -0.05) is 0 Å². The summed E-state index contributed by atoms with van der Waals surface area (Å²) in [5, 5.41) is 11.8. The van der Waals surface area contributed by atoms with Gasteiger partial charge >= 0.3 is 6.09 Å². The highest BCUT2D eigenvalue weighted by Crippen LogP contribution is 2.30. The first-order chi connectivity index (χ1) is 9.34. The van der Waals surface area contributed by atoms with Crippen molar-refractivity contribution in [1.82, 2.24) is 4.90 Å². The average molecular weight is 280 g/mol. The van der Waals surface area contributed by atoms with Crippen molar-refractivity contribution in [3.8, 4) is 0 Å². The van der Waals surface area contributed by atoms with E-state index in [9.17, 15) is 14.0 Å². The molecule has 0 saturated carbocycles. The van der Waals surface area contributed by atoms with E-state index in [0.29, 0.717) is 30.6 Å². The maximum Gasteiger partial charge on any atom is 0.408 e. The fourth-order valence-electron chi connectivity index (χ4n) is 2.49. The molecule has 1 aliphatic heterocycles. The van der Waals surface area contributed by atoms with Crippen LogP contribution < -0.4 is 5.32 Å². The Morgan fingerprint density at radius 3 is 2.75 bits per heavy atom. The zero-order valence-electron chi connectivity index (χ0n) is 11.4. The molecule has 0 aliphatic carbocycles. The van der Waals surface area contributed by atoms with Crippen molar-refractivity contribution in [2.24, 2.45) is 0 Å². The van der Waals surface area contributed by atoms with E-state index in [1.54, 1.807) is 13.8 Å². The highest BCUT2D eigenvalue weighted by atomic mass is 19.1. The lowest BCUT2D eigenvalue weighted by molar-refractivity contribution is -0.124. The second-order valence-electron chi connectivity index (χ2n) is 5.23. The molecule has 1 unspecified atom stereocenters. The summed E-state index contributed by atoms with van der Waals surface area (Å²) in [5.41, 5.74) is -0.185. The molecule has 0 aromatic heterocycles. The smallest absolute Gasteiger partial charge is 0.408 e. The Kier molecular flexibility index (Phi) is 3.65. The SMILES string of the molecule is Cc1cc(NC(=O)C2(C)CCCN2C(=O)O)ccc1F. The summed E-state index contributed by atoms with van der Waals surface area (Å²) in [6, 6.07) is 4.26. The Balaban J connectivity index is 2.18. The second-order valence-corrected chi connectivity index (χ2v) is 5.23. The Hall–Kier alpha value is -2.11. The molecule has 1 fully saturated rings. The Labute approximate surface area is 116 Å². The molecule has 1 atom stereocenters. The zero-order chi connectivity index (χ0) is 14.9. The van der Waals surface area contributed by atoms with E-state index >= 15 is 0 Å². The molecule has 20 heavy (non-hydrogen) atoms. The molecule has 0 bridgehead atoms. The van der Waals surface area contributed by atoms with Crippen LogP contribution in [0.5, 0.6) is 0 Å². The number of aryl methyl sites for hydroxylation is 1. The van der Waals surface area contributed by atoms with Gasteiger partial charge in [-0.3, -0.25) is 9.69 Å². The maximum atomic E-state index is 13.2. The molecule has 1 aromatic rings. The van der Waals surface area contributed by atoms with Crippen molar-refractivity contribution in [1.29, 1.82) is 0 Å². The number of nitrogens with one attached hydrogen (secondary N) is 1. The average Bonchev–Trinajstić information content (AvgIpc) is 2.77. The van der Waals surface area contributed by atoms with Crippen LogP contribution in [-0.4, -0.2) is 34.1 Å². The summed E-state index contributed by atoms with van der Waals surface area (Å²) in [7, 11) is 0. The lowest BCUT2D eigenvalue weighted by atomic mass is 9.97. The predicted octanol–water partition coefficient (Wildman–Crippen LogP) is 2.61. The summed E-state index contributed by atoms with van der Waals surface area (Å²) < 4.78 is 13.2. The van der Waals surface area contributed by atoms with Crippen molar-refractivity contribution >= 4 is 17.7 Å². The van der Waals surface area contributed by atoms with Crippen molar-refractivity contribution < 1.29 is 19.1 Å². The number of anilines is 1. The largest absolute Gasteiger partial charge is 0.465 e. The minimum atomic E-state index is -1.10. The zero-order valence-corrected chi connectivity index (χ0v) is 11.4. The molecule has 1 heterocycles. The first-order valence-corrected chi connectivity index (χ1v) is 6.43. The summed E-state index contributed by atoms with van der Waals surface area (Å²) in [4.78, 5) is 24.7. The van der Waals surface area contributed by atoms with Crippen LogP contribution in [0.2, 0.25) is 0 Å². The van der Waals surface area contributed by atoms with Crippen molar-refractivity contribution in [3.63, 3.8) is 0 Å².